The van der Waals surface area contributed by atoms with Crippen LogP contribution in [0.2, 0.25) is 0 Å². The summed E-state index contributed by atoms with van der Waals surface area (Å²) in [5.74, 6) is 1.60. The normalized spacial score (nSPS) is 10.3. The molecule has 1 heterocycles. The van der Waals surface area contributed by atoms with E-state index in [1.165, 1.54) is 0 Å². The molecule has 0 amide bonds. The third kappa shape index (κ3) is 2.61. The third-order valence-corrected chi connectivity index (χ3v) is 2.96. The van der Waals surface area contributed by atoms with E-state index in [0.29, 0.717) is 0 Å². The Labute approximate surface area is 109 Å². The number of halogens is 1. The first kappa shape index (κ1) is 12.0. The summed E-state index contributed by atoms with van der Waals surface area (Å²) in [5, 5.41) is 3.26. The molecule has 1 aromatic heterocycles. The van der Waals surface area contributed by atoms with Gasteiger partial charge in [-0.15, -0.1) is 0 Å². The molecular formula is C12H14BrN3O. The number of hydrogen-bond acceptors (Lipinski definition) is 3. The number of anilines is 2. The Hall–Kier alpha value is -1.49. The van der Waals surface area contributed by atoms with Gasteiger partial charge in [-0.3, -0.25) is 0 Å². The number of nitrogens with zero attached hydrogens (tertiary/aromatic N) is 2. The van der Waals surface area contributed by atoms with Crippen LogP contribution in [-0.2, 0) is 6.54 Å². The average Bonchev–Trinajstić information content (AvgIpc) is 2.77. The first-order chi connectivity index (χ1) is 8.24. The molecule has 90 valence electrons. The quantitative estimate of drug-likeness (QED) is 0.939. The van der Waals surface area contributed by atoms with Crippen molar-refractivity contribution in [1.29, 1.82) is 0 Å². The molecule has 17 heavy (non-hydrogen) atoms. The van der Waals surface area contributed by atoms with Gasteiger partial charge >= 0.3 is 0 Å². The topological polar surface area (TPSA) is 39.1 Å². The van der Waals surface area contributed by atoms with Crippen LogP contribution in [0.15, 0.2) is 35.1 Å². The van der Waals surface area contributed by atoms with E-state index in [1.54, 1.807) is 13.3 Å². The minimum atomic E-state index is 0.791. The van der Waals surface area contributed by atoms with Gasteiger partial charge in [-0.25, -0.2) is 4.98 Å². The molecular weight excluding hydrogens is 282 g/mol. The predicted molar refractivity (Wildman–Crippen MR) is 71.9 cm³/mol. The van der Waals surface area contributed by atoms with Gasteiger partial charge in [0.15, 0.2) is 0 Å². The number of aryl methyl sites for hydroxylation is 1. The summed E-state index contributed by atoms with van der Waals surface area (Å²) in [6.45, 7) is 2.95. The lowest BCUT2D eigenvalue weighted by Crippen LogP contribution is -2.02. The molecule has 0 atom stereocenters. The van der Waals surface area contributed by atoms with Gasteiger partial charge in [0, 0.05) is 23.4 Å². The molecule has 0 aliphatic rings. The first-order valence-corrected chi connectivity index (χ1v) is 6.15. The zero-order valence-corrected chi connectivity index (χ0v) is 11.4. The van der Waals surface area contributed by atoms with Crippen molar-refractivity contribution < 1.29 is 4.74 Å². The fourth-order valence-electron chi connectivity index (χ4n) is 1.59. The Morgan fingerprint density at radius 3 is 3.00 bits per heavy atom. The van der Waals surface area contributed by atoms with Gasteiger partial charge in [0.25, 0.3) is 0 Å². The van der Waals surface area contributed by atoms with E-state index < -0.39 is 0 Å². The maximum atomic E-state index is 5.30. The van der Waals surface area contributed by atoms with E-state index in [0.717, 1.165) is 28.4 Å². The number of imidazole rings is 1. The summed E-state index contributed by atoms with van der Waals surface area (Å²) < 4.78 is 8.33. The monoisotopic (exact) mass is 295 g/mol. The summed E-state index contributed by atoms with van der Waals surface area (Å²) in [6.07, 6.45) is 3.71. The number of benzene rings is 1. The lowest BCUT2D eigenvalue weighted by atomic mass is 10.3. The Balaban J connectivity index is 2.32. The van der Waals surface area contributed by atoms with Gasteiger partial charge in [-0.2, -0.15) is 0 Å². The van der Waals surface area contributed by atoms with Gasteiger partial charge < -0.3 is 14.6 Å². The fourth-order valence-corrected chi connectivity index (χ4v) is 1.95. The molecule has 0 spiro atoms. The lowest BCUT2D eigenvalue weighted by molar-refractivity contribution is 0.416. The number of ether oxygens (including phenoxy) is 1. The number of rotatable bonds is 4. The largest absolute Gasteiger partial charge is 0.495 e. The zero-order valence-electron chi connectivity index (χ0n) is 9.77. The SMILES string of the molecule is CCn1ccnc1Nc1cc(Br)ccc1OC. The van der Waals surface area contributed by atoms with Gasteiger partial charge in [0.05, 0.1) is 12.8 Å². The van der Waals surface area contributed by atoms with Crippen LogP contribution in [-0.4, -0.2) is 16.7 Å². The highest BCUT2D eigenvalue weighted by Gasteiger charge is 2.07. The van der Waals surface area contributed by atoms with Gasteiger partial charge in [0.2, 0.25) is 5.95 Å². The summed E-state index contributed by atoms with van der Waals surface area (Å²) in [6, 6.07) is 5.81. The molecule has 0 radical (unpaired) electrons. The molecule has 2 aromatic rings. The molecule has 0 saturated heterocycles. The number of hydrogen-bond donors (Lipinski definition) is 1. The highest BCUT2D eigenvalue weighted by Crippen LogP contribution is 2.30. The molecule has 0 aliphatic carbocycles. The molecule has 0 fully saturated rings. The summed E-state index contributed by atoms with van der Waals surface area (Å²) in [4.78, 5) is 4.27. The van der Waals surface area contributed by atoms with E-state index in [2.05, 4.69) is 33.2 Å². The fraction of sp³-hybridized carbons (Fsp3) is 0.250. The lowest BCUT2D eigenvalue weighted by Gasteiger charge is -2.12. The predicted octanol–water partition coefficient (Wildman–Crippen LogP) is 3.42. The van der Waals surface area contributed by atoms with Gasteiger partial charge in [0.1, 0.15) is 5.75 Å². The smallest absolute Gasteiger partial charge is 0.207 e. The molecule has 4 nitrogen and oxygen atoms in total. The van der Waals surface area contributed by atoms with Crippen molar-refractivity contribution >= 4 is 27.6 Å². The average molecular weight is 296 g/mol. The van der Waals surface area contributed by atoms with Crippen molar-refractivity contribution in [2.24, 2.45) is 0 Å². The highest BCUT2D eigenvalue weighted by molar-refractivity contribution is 9.10. The third-order valence-electron chi connectivity index (χ3n) is 2.46. The molecule has 5 heteroatoms. The minimum absolute atomic E-state index is 0.791. The minimum Gasteiger partial charge on any atom is -0.495 e. The van der Waals surface area contributed by atoms with Crippen molar-refractivity contribution in [2.75, 3.05) is 12.4 Å². The van der Waals surface area contributed by atoms with E-state index in [4.69, 9.17) is 4.74 Å². The Morgan fingerprint density at radius 2 is 2.29 bits per heavy atom. The van der Waals surface area contributed by atoms with Crippen molar-refractivity contribution in [3.63, 3.8) is 0 Å². The van der Waals surface area contributed by atoms with Crippen LogP contribution in [0.25, 0.3) is 0 Å². The van der Waals surface area contributed by atoms with Crippen LogP contribution >= 0.6 is 15.9 Å². The van der Waals surface area contributed by atoms with E-state index in [-0.39, 0.29) is 0 Å². The standard InChI is InChI=1S/C12H14BrN3O/c1-3-16-7-6-14-12(16)15-10-8-9(13)4-5-11(10)17-2/h4-8H,3H2,1-2H3,(H,14,15). The Kier molecular flexibility index (Phi) is 3.68. The van der Waals surface area contributed by atoms with Crippen LogP contribution in [0.3, 0.4) is 0 Å². The van der Waals surface area contributed by atoms with Crippen molar-refractivity contribution in [2.45, 2.75) is 13.5 Å². The van der Waals surface area contributed by atoms with Crippen LogP contribution in [0.1, 0.15) is 6.92 Å². The molecule has 1 aromatic carbocycles. The molecule has 0 bridgehead atoms. The summed E-state index contributed by atoms with van der Waals surface area (Å²) in [5.41, 5.74) is 0.891. The van der Waals surface area contributed by atoms with Crippen LogP contribution in [0.5, 0.6) is 5.75 Å². The zero-order chi connectivity index (χ0) is 12.3. The maximum absolute atomic E-state index is 5.30. The highest BCUT2D eigenvalue weighted by atomic mass is 79.9. The van der Waals surface area contributed by atoms with Crippen molar-refractivity contribution in [3.8, 4) is 5.75 Å². The van der Waals surface area contributed by atoms with E-state index in [9.17, 15) is 0 Å². The molecule has 2 rings (SSSR count). The second kappa shape index (κ2) is 5.23. The molecule has 0 saturated carbocycles. The van der Waals surface area contributed by atoms with Crippen LogP contribution in [0, 0.1) is 0 Å². The Morgan fingerprint density at radius 1 is 1.47 bits per heavy atom. The number of nitrogens with one attached hydrogen (secondary N) is 1. The molecule has 0 aliphatic heterocycles. The van der Waals surface area contributed by atoms with Crippen LogP contribution in [0.4, 0.5) is 11.6 Å². The summed E-state index contributed by atoms with van der Waals surface area (Å²) >= 11 is 3.44. The Bertz CT molecular complexity index is 510. The number of methoxy groups -OCH3 is 1. The van der Waals surface area contributed by atoms with E-state index >= 15 is 0 Å². The maximum Gasteiger partial charge on any atom is 0.207 e. The number of aromatic nitrogens is 2. The molecule has 0 unspecified atom stereocenters. The van der Waals surface area contributed by atoms with Gasteiger partial charge in [-0.05, 0) is 25.1 Å². The summed E-state index contributed by atoms with van der Waals surface area (Å²) in [7, 11) is 1.65. The van der Waals surface area contributed by atoms with Crippen LogP contribution < -0.4 is 10.1 Å². The van der Waals surface area contributed by atoms with E-state index in [1.807, 2.05) is 29.0 Å². The van der Waals surface area contributed by atoms with Gasteiger partial charge in [-0.1, -0.05) is 15.9 Å². The molecule has 1 N–H and O–H groups in total. The van der Waals surface area contributed by atoms with Crippen molar-refractivity contribution in [3.05, 3.63) is 35.1 Å². The van der Waals surface area contributed by atoms with Crippen molar-refractivity contribution in [1.82, 2.24) is 9.55 Å². The second-order valence-electron chi connectivity index (χ2n) is 3.51. The first-order valence-electron chi connectivity index (χ1n) is 5.36. The second-order valence-corrected chi connectivity index (χ2v) is 4.42.